The van der Waals surface area contributed by atoms with Crippen molar-refractivity contribution in [1.29, 1.82) is 0 Å². The van der Waals surface area contributed by atoms with Gasteiger partial charge in [-0.3, -0.25) is 9.78 Å². The van der Waals surface area contributed by atoms with E-state index in [-0.39, 0.29) is 6.54 Å². The van der Waals surface area contributed by atoms with Crippen molar-refractivity contribution in [3.05, 3.63) is 64.8 Å². The minimum absolute atomic E-state index is 0.129. The number of primary amides is 1. The van der Waals surface area contributed by atoms with Gasteiger partial charge in [-0.2, -0.15) is 0 Å². The van der Waals surface area contributed by atoms with Gasteiger partial charge >= 0.3 is 6.09 Å². The molecule has 0 aliphatic rings. The Labute approximate surface area is 169 Å². The molecule has 3 rings (SSSR count). The zero-order valence-corrected chi connectivity index (χ0v) is 16.8. The summed E-state index contributed by atoms with van der Waals surface area (Å²) in [5.41, 5.74) is 11.2. The van der Waals surface area contributed by atoms with E-state index in [0.717, 1.165) is 38.9 Å². The van der Waals surface area contributed by atoms with Crippen LogP contribution in [-0.4, -0.2) is 22.1 Å². The highest BCUT2D eigenvalue weighted by molar-refractivity contribution is 6.02. The van der Waals surface area contributed by atoms with E-state index in [4.69, 9.17) is 10.7 Å². The number of pyridine rings is 1. The molecule has 29 heavy (non-hydrogen) atoms. The minimum Gasteiger partial charge on any atom is -0.465 e. The van der Waals surface area contributed by atoms with Gasteiger partial charge in [-0.05, 0) is 48.6 Å². The number of hydrogen-bond donors (Lipinski definition) is 3. The maximum atomic E-state index is 11.8. The summed E-state index contributed by atoms with van der Waals surface area (Å²) >= 11 is 0. The third-order valence-electron chi connectivity index (χ3n) is 4.81. The molecule has 0 saturated heterocycles. The number of benzene rings is 2. The van der Waals surface area contributed by atoms with Crippen molar-refractivity contribution in [2.75, 3.05) is 0 Å². The summed E-state index contributed by atoms with van der Waals surface area (Å²) in [7, 11) is 0. The Morgan fingerprint density at radius 1 is 1.14 bits per heavy atom. The van der Waals surface area contributed by atoms with E-state index in [1.54, 1.807) is 18.2 Å². The van der Waals surface area contributed by atoms with Gasteiger partial charge in [0.15, 0.2) is 0 Å². The van der Waals surface area contributed by atoms with Crippen molar-refractivity contribution >= 4 is 22.9 Å². The molecule has 0 saturated carbocycles. The summed E-state index contributed by atoms with van der Waals surface area (Å²) in [6.07, 6.45) is -0.385. The van der Waals surface area contributed by atoms with Crippen molar-refractivity contribution in [1.82, 2.24) is 10.3 Å². The fraction of sp³-hybridized carbons (Fsp3) is 0.261. The smallest absolute Gasteiger partial charge is 0.404 e. The molecule has 2 amide bonds. The Kier molecular flexibility index (Phi) is 5.82. The highest BCUT2D eigenvalue weighted by atomic mass is 16.4. The van der Waals surface area contributed by atoms with Crippen LogP contribution in [0.1, 0.15) is 41.0 Å². The van der Waals surface area contributed by atoms with Crippen molar-refractivity contribution in [2.45, 2.75) is 33.7 Å². The average Bonchev–Trinajstić information content (AvgIpc) is 2.65. The second-order valence-electron chi connectivity index (χ2n) is 7.63. The molecule has 0 unspecified atom stereocenters. The van der Waals surface area contributed by atoms with Gasteiger partial charge in [0.25, 0.3) is 0 Å². The van der Waals surface area contributed by atoms with Crippen LogP contribution in [-0.2, 0) is 13.0 Å². The number of nitrogens with one attached hydrogen (secondary N) is 1. The summed E-state index contributed by atoms with van der Waals surface area (Å²) < 4.78 is 0. The predicted molar refractivity (Wildman–Crippen MR) is 114 cm³/mol. The first-order chi connectivity index (χ1) is 13.8. The standard InChI is InChI=1S/C23H25N3O3/c1-13(2)10-20-18(12-25-23(28)29)21(15-6-4-14(3)5-7-15)17-11-16(22(24)27)8-9-19(17)26-20/h4-9,11,13,25H,10,12H2,1-3H3,(H2,24,27)(H,28,29). The lowest BCUT2D eigenvalue weighted by atomic mass is 9.90. The second kappa shape index (κ2) is 8.31. The molecule has 6 nitrogen and oxygen atoms in total. The minimum atomic E-state index is -1.10. The van der Waals surface area contributed by atoms with E-state index in [9.17, 15) is 14.7 Å². The fourth-order valence-corrected chi connectivity index (χ4v) is 3.47. The average molecular weight is 391 g/mol. The molecule has 2 aromatic carbocycles. The van der Waals surface area contributed by atoms with Crippen LogP contribution < -0.4 is 11.1 Å². The SMILES string of the molecule is Cc1ccc(-c2c(CNC(=O)O)c(CC(C)C)nc3ccc(C(N)=O)cc23)cc1. The van der Waals surface area contributed by atoms with Crippen molar-refractivity contribution in [3.63, 3.8) is 0 Å². The van der Waals surface area contributed by atoms with Gasteiger partial charge in [0.05, 0.1) is 5.52 Å². The normalized spacial score (nSPS) is 11.0. The maximum Gasteiger partial charge on any atom is 0.404 e. The molecule has 1 aromatic heterocycles. The van der Waals surface area contributed by atoms with E-state index in [1.165, 1.54) is 0 Å². The number of carbonyl (C=O) groups excluding carboxylic acids is 1. The van der Waals surface area contributed by atoms with E-state index in [2.05, 4.69) is 19.2 Å². The lowest BCUT2D eigenvalue weighted by molar-refractivity contribution is 0.100. The van der Waals surface area contributed by atoms with Crippen molar-refractivity contribution < 1.29 is 14.7 Å². The van der Waals surface area contributed by atoms with Gasteiger partial charge in [-0.25, -0.2) is 4.79 Å². The van der Waals surface area contributed by atoms with Gasteiger partial charge in [0, 0.05) is 28.8 Å². The van der Waals surface area contributed by atoms with Gasteiger partial charge in [-0.15, -0.1) is 0 Å². The highest BCUT2D eigenvalue weighted by Crippen LogP contribution is 2.35. The topological polar surface area (TPSA) is 105 Å². The second-order valence-corrected chi connectivity index (χ2v) is 7.63. The number of fused-ring (bicyclic) bond motifs is 1. The number of aromatic nitrogens is 1. The lowest BCUT2D eigenvalue weighted by Gasteiger charge is -2.19. The molecule has 0 fully saturated rings. The van der Waals surface area contributed by atoms with Crippen molar-refractivity contribution in [2.24, 2.45) is 11.7 Å². The molecule has 4 N–H and O–H groups in total. The quantitative estimate of drug-likeness (QED) is 0.583. The Hall–Kier alpha value is -3.41. The Morgan fingerprint density at radius 3 is 2.41 bits per heavy atom. The van der Waals surface area contributed by atoms with E-state index >= 15 is 0 Å². The van der Waals surface area contributed by atoms with E-state index in [1.807, 2.05) is 31.2 Å². The number of amides is 2. The predicted octanol–water partition coefficient (Wildman–Crippen LogP) is 4.28. The fourth-order valence-electron chi connectivity index (χ4n) is 3.47. The third-order valence-corrected chi connectivity index (χ3v) is 4.81. The van der Waals surface area contributed by atoms with Crippen LogP contribution in [0.15, 0.2) is 42.5 Å². The molecule has 0 aliphatic heterocycles. The van der Waals surface area contributed by atoms with Crippen LogP contribution in [0, 0.1) is 12.8 Å². The van der Waals surface area contributed by atoms with Crippen LogP contribution in [0.4, 0.5) is 4.79 Å². The first-order valence-corrected chi connectivity index (χ1v) is 9.55. The molecule has 1 heterocycles. The van der Waals surface area contributed by atoms with Crippen LogP contribution in [0.25, 0.3) is 22.0 Å². The van der Waals surface area contributed by atoms with E-state index < -0.39 is 12.0 Å². The number of carbonyl (C=O) groups is 2. The molecular formula is C23H25N3O3. The largest absolute Gasteiger partial charge is 0.465 e. The molecule has 6 heteroatoms. The van der Waals surface area contributed by atoms with Gasteiger partial charge < -0.3 is 16.2 Å². The van der Waals surface area contributed by atoms with Gasteiger partial charge in [-0.1, -0.05) is 43.7 Å². The summed E-state index contributed by atoms with van der Waals surface area (Å²) in [5.74, 6) is -0.169. The zero-order chi connectivity index (χ0) is 21.1. The highest BCUT2D eigenvalue weighted by Gasteiger charge is 2.19. The van der Waals surface area contributed by atoms with Crippen LogP contribution in [0.2, 0.25) is 0 Å². The maximum absolute atomic E-state index is 11.8. The Bertz CT molecular complexity index is 1070. The molecule has 0 atom stereocenters. The molecule has 0 spiro atoms. The number of carboxylic acid groups (broad SMARTS) is 1. The first-order valence-electron chi connectivity index (χ1n) is 9.55. The number of rotatable bonds is 6. The lowest BCUT2D eigenvalue weighted by Crippen LogP contribution is -2.22. The summed E-state index contributed by atoms with van der Waals surface area (Å²) in [6.45, 7) is 6.34. The summed E-state index contributed by atoms with van der Waals surface area (Å²) in [5, 5.41) is 12.4. The molecule has 0 radical (unpaired) electrons. The van der Waals surface area contributed by atoms with Gasteiger partial charge in [0.1, 0.15) is 0 Å². The Balaban J connectivity index is 2.37. The van der Waals surface area contributed by atoms with E-state index in [0.29, 0.717) is 17.9 Å². The van der Waals surface area contributed by atoms with Gasteiger partial charge in [0.2, 0.25) is 5.91 Å². The third kappa shape index (κ3) is 4.54. The summed E-state index contributed by atoms with van der Waals surface area (Å²) in [4.78, 5) is 27.8. The van der Waals surface area contributed by atoms with Crippen LogP contribution >= 0.6 is 0 Å². The summed E-state index contributed by atoms with van der Waals surface area (Å²) in [6, 6.07) is 13.2. The number of hydrogen-bond acceptors (Lipinski definition) is 3. The molecule has 150 valence electrons. The number of nitrogens with zero attached hydrogens (tertiary/aromatic N) is 1. The van der Waals surface area contributed by atoms with Crippen molar-refractivity contribution in [3.8, 4) is 11.1 Å². The van der Waals surface area contributed by atoms with Crippen LogP contribution in [0.3, 0.4) is 0 Å². The molecule has 3 aromatic rings. The molecular weight excluding hydrogens is 366 g/mol. The van der Waals surface area contributed by atoms with Crippen LogP contribution in [0.5, 0.6) is 0 Å². The first kappa shape index (κ1) is 20.3. The molecule has 0 bridgehead atoms. The number of aryl methyl sites for hydroxylation is 1. The number of nitrogens with two attached hydrogens (primary N) is 1. The molecule has 0 aliphatic carbocycles. The Morgan fingerprint density at radius 2 is 1.83 bits per heavy atom. The monoisotopic (exact) mass is 391 g/mol. The zero-order valence-electron chi connectivity index (χ0n) is 16.8.